The summed E-state index contributed by atoms with van der Waals surface area (Å²) >= 11 is 1.50. The van der Waals surface area contributed by atoms with Gasteiger partial charge in [0.05, 0.1) is 10.7 Å². The van der Waals surface area contributed by atoms with E-state index in [1.165, 1.54) is 11.3 Å². The third-order valence-electron chi connectivity index (χ3n) is 2.86. The summed E-state index contributed by atoms with van der Waals surface area (Å²) in [4.78, 5) is 19.4. The summed E-state index contributed by atoms with van der Waals surface area (Å²) in [7, 11) is 0. The predicted octanol–water partition coefficient (Wildman–Crippen LogP) is 1.19. The van der Waals surface area contributed by atoms with Crippen molar-refractivity contribution in [3.63, 3.8) is 0 Å². The van der Waals surface area contributed by atoms with Crippen LogP contribution < -0.4 is 5.32 Å². The average molecular weight is 239 g/mol. The minimum atomic E-state index is 0.136. The van der Waals surface area contributed by atoms with Gasteiger partial charge >= 0.3 is 0 Å². The molecule has 1 aliphatic rings. The molecule has 1 atom stereocenters. The summed E-state index contributed by atoms with van der Waals surface area (Å²) in [5, 5.41) is 4.25. The molecule has 0 spiro atoms. The van der Waals surface area contributed by atoms with E-state index in [9.17, 15) is 4.79 Å². The number of amides is 1. The fourth-order valence-electron chi connectivity index (χ4n) is 2.00. The number of hydrogen-bond donors (Lipinski definition) is 1. The van der Waals surface area contributed by atoms with Crippen molar-refractivity contribution in [3.8, 4) is 0 Å². The van der Waals surface area contributed by atoms with E-state index in [0.29, 0.717) is 0 Å². The van der Waals surface area contributed by atoms with Crippen LogP contribution in [0.15, 0.2) is 0 Å². The number of nitrogens with one attached hydrogen (secondary N) is 1. The van der Waals surface area contributed by atoms with Gasteiger partial charge in [0.2, 0.25) is 0 Å². The number of aromatic nitrogens is 1. The monoisotopic (exact) mass is 239 g/mol. The van der Waals surface area contributed by atoms with E-state index in [2.05, 4.69) is 17.2 Å². The van der Waals surface area contributed by atoms with Gasteiger partial charge in [-0.1, -0.05) is 0 Å². The zero-order chi connectivity index (χ0) is 11.7. The van der Waals surface area contributed by atoms with E-state index in [-0.39, 0.29) is 11.9 Å². The second-order valence-corrected chi connectivity index (χ2v) is 5.40. The fourth-order valence-corrected chi connectivity index (χ4v) is 2.88. The Kier molecular flexibility index (Phi) is 3.25. The van der Waals surface area contributed by atoms with Crippen molar-refractivity contribution in [2.45, 2.75) is 26.8 Å². The lowest BCUT2D eigenvalue weighted by Gasteiger charge is -2.33. The highest BCUT2D eigenvalue weighted by Gasteiger charge is 2.26. The van der Waals surface area contributed by atoms with E-state index in [1.807, 2.05) is 18.7 Å². The lowest BCUT2D eigenvalue weighted by Crippen LogP contribution is -2.52. The van der Waals surface area contributed by atoms with Gasteiger partial charge in [-0.25, -0.2) is 4.98 Å². The molecule has 0 saturated carbocycles. The van der Waals surface area contributed by atoms with Gasteiger partial charge in [0.1, 0.15) is 4.88 Å². The molecule has 0 aromatic carbocycles. The number of thiazole rings is 1. The summed E-state index contributed by atoms with van der Waals surface area (Å²) < 4.78 is 0. The first-order chi connectivity index (χ1) is 7.59. The lowest BCUT2D eigenvalue weighted by atomic mass is 10.2. The number of nitrogens with zero attached hydrogens (tertiary/aromatic N) is 2. The van der Waals surface area contributed by atoms with E-state index in [1.54, 1.807) is 0 Å². The van der Waals surface area contributed by atoms with Gasteiger partial charge in [0.25, 0.3) is 5.91 Å². The van der Waals surface area contributed by atoms with E-state index >= 15 is 0 Å². The maximum absolute atomic E-state index is 12.3. The van der Waals surface area contributed by atoms with Crippen molar-refractivity contribution in [3.05, 3.63) is 15.6 Å². The Morgan fingerprint density at radius 3 is 2.88 bits per heavy atom. The minimum absolute atomic E-state index is 0.136. The molecule has 1 aliphatic heterocycles. The Hall–Kier alpha value is -0.940. The smallest absolute Gasteiger partial charge is 0.266 e. The predicted molar refractivity (Wildman–Crippen MR) is 65.0 cm³/mol. The standard InChI is InChI=1S/C11H17N3OS/c1-7-6-12-4-5-14(7)11(15)10-8(2)13-9(3)16-10/h7,12H,4-6H2,1-3H3/t7-/m0/s1. The molecule has 2 heterocycles. The first kappa shape index (κ1) is 11.5. The Morgan fingerprint density at radius 2 is 2.31 bits per heavy atom. The van der Waals surface area contributed by atoms with Gasteiger partial charge in [-0.15, -0.1) is 11.3 Å². The second-order valence-electron chi connectivity index (χ2n) is 4.20. The maximum Gasteiger partial charge on any atom is 0.266 e. The largest absolute Gasteiger partial charge is 0.333 e. The van der Waals surface area contributed by atoms with Crippen LogP contribution in [0, 0.1) is 13.8 Å². The third-order valence-corrected chi connectivity index (χ3v) is 3.92. The fraction of sp³-hybridized carbons (Fsp3) is 0.636. The Bertz CT molecular complexity index is 402. The molecule has 2 rings (SSSR count). The molecule has 1 fully saturated rings. The van der Waals surface area contributed by atoms with Gasteiger partial charge in [0.15, 0.2) is 0 Å². The number of carbonyl (C=O) groups excluding carboxylic acids is 1. The molecule has 1 saturated heterocycles. The SMILES string of the molecule is Cc1nc(C)c(C(=O)N2CCNC[C@@H]2C)s1. The quantitative estimate of drug-likeness (QED) is 0.801. The molecule has 0 radical (unpaired) electrons. The molecular formula is C11H17N3OS. The van der Waals surface area contributed by atoms with E-state index < -0.39 is 0 Å². The summed E-state index contributed by atoms with van der Waals surface area (Å²) in [5.74, 6) is 0.136. The van der Waals surface area contributed by atoms with E-state index in [0.717, 1.165) is 35.2 Å². The van der Waals surface area contributed by atoms with Crippen LogP contribution in [-0.2, 0) is 0 Å². The Labute approximate surface area is 99.7 Å². The van der Waals surface area contributed by atoms with Crippen molar-refractivity contribution >= 4 is 17.2 Å². The minimum Gasteiger partial charge on any atom is -0.333 e. The molecule has 1 N–H and O–H groups in total. The number of hydrogen-bond acceptors (Lipinski definition) is 4. The third kappa shape index (κ3) is 2.10. The van der Waals surface area contributed by atoms with Crippen LogP contribution in [0.2, 0.25) is 0 Å². The second kappa shape index (κ2) is 4.51. The molecule has 5 heteroatoms. The maximum atomic E-state index is 12.3. The van der Waals surface area contributed by atoms with Crippen molar-refractivity contribution < 1.29 is 4.79 Å². The summed E-state index contributed by atoms with van der Waals surface area (Å²) in [6, 6.07) is 0.267. The molecular weight excluding hydrogens is 222 g/mol. The van der Waals surface area contributed by atoms with Crippen molar-refractivity contribution in [1.82, 2.24) is 15.2 Å². The molecule has 1 aromatic rings. The zero-order valence-corrected chi connectivity index (χ0v) is 10.7. The van der Waals surface area contributed by atoms with Crippen LogP contribution in [0.5, 0.6) is 0 Å². The van der Waals surface area contributed by atoms with Crippen LogP contribution in [0.1, 0.15) is 27.3 Å². The lowest BCUT2D eigenvalue weighted by molar-refractivity contribution is 0.0660. The molecule has 1 aromatic heterocycles. The molecule has 16 heavy (non-hydrogen) atoms. The average Bonchev–Trinajstić information content (AvgIpc) is 2.58. The van der Waals surface area contributed by atoms with Crippen LogP contribution in [0.4, 0.5) is 0 Å². The molecule has 1 amide bonds. The van der Waals surface area contributed by atoms with Gasteiger partial charge in [-0.3, -0.25) is 4.79 Å². The summed E-state index contributed by atoms with van der Waals surface area (Å²) in [6.07, 6.45) is 0. The number of aryl methyl sites for hydroxylation is 2. The highest BCUT2D eigenvalue weighted by molar-refractivity contribution is 7.13. The van der Waals surface area contributed by atoms with Crippen LogP contribution in [0.25, 0.3) is 0 Å². The molecule has 4 nitrogen and oxygen atoms in total. The first-order valence-corrected chi connectivity index (χ1v) is 6.37. The number of carbonyl (C=O) groups is 1. The highest BCUT2D eigenvalue weighted by Crippen LogP contribution is 2.20. The zero-order valence-electron chi connectivity index (χ0n) is 9.91. The van der Waals surface area contributed by atoms with Crippen LogP contribution >= 0.6 is 11.3 Å². The number of rotatable bonds is 1. The first-order valence-electron chi connectivity index (χ1n) is 5.55. The van der Waals surface area contributed by atoms with E-state index in [4.69, 9.17) is 0 Å². The van der Waals surface area contributed by atoms with Crippen molar-refractivity contribution in [1.29, 1.82) is 0 Å². The van der Waals surface area contributed by atoms with Gasteiger partial charge in [-0.05, 0) is 20.8 Å². The Morgan fingerprint density at radius 1 is 1.56 bits per heavy atom. The van der Waals surface area contributed by atoms with Gasteiger partial charge < -0.3 is 10.2 Å². The van der Waals surface area contributed by atoms with Crippen molar-refractivity contribution in [2.75, 3.05) is 19.6 Å². The number of piperazine rings is 1. The van der Waals surface area contributed by atoms with Crippen molar-refractivity contribution in [2.24, 2.45) is 0 Å². The topological polar surface area (TPSA) is 45.2 Å². The van der Waals surface area contributed by atoms with Crippen LogP contribution in [0.3, 0.4) is 0 Å². The van der Waals surface area contributed by atoms with Gasteiger partial charge in [0, 0.05) is 25.7 Å². The highest BCUT2D eigenvalue weighted by atomic mass is 32.1. The summed E-state index contributed by atoms with van der Waals surface area (Å²) in [5.41, 5.74) is 0.859. The Balaban J connectivity index is 2.21. The molecule has 88 valence electrons. The molecule has 0 unspecified atom stereocenters. The van der Waals surface area contributed by atoms with Gasteiger partial charge in [-0.2, -0.15) is 0 Å². The molecule has 0 aliphatic carbocycles. The van der Waals surface area contributed by atoms with Crippen LogP contribution in [-0.4, -0.2) is 41.5 Å². The molecule has 0 bridgehead atoms. The normalized spacial score (nSPS) is 21.2. The summed E-state index contributed by atoms with van der Waals surface area (Å²) in [6.45, 7) is 8.47.